The Bertz CT molecular complexity index is 517. The van der Waals surface area contributed by atoms with E-state index >= 15 is 0 Å². The van der Waals surface area contributed by atoms with Crippen LogP contribution < -0.4 is 5.19 Å². The highest BCUT2D eigenvalue weighted by molar-refractivity contribution is 6.53. The van der Waals surface area contributed by atoms with Gasteiger partial charge in [-0.25, -0.2) is 0 Å². The maximum atomic E-state index is 5.24. The Morgan fingerprint density at radius 1 is 0.900 bits per heavy atom. The number of unbranched alkanes of at least 4 members (excludes halogenated alkanes) is 1. The maximum Gasteiger partial charge on any atom is 0.0810 e. The highest BCUT2D eigenvalue weighted by Gasteiger charge is 2.20. The van der Waals surface area contributed by atoms with Crippen LogP contribution in [0.4, 0.5) is 0 Å². The van der Waals surface area contributed by atoms with Crippen molar-refractivity contribution in [1.82, 2.24) is 0 Å². The van der Waals surface area contributed by atoms with Crippen LogP contribution in [0.2, 0.25) is 6.04 Å². The smallest absolute Gasteiger partial charge is 0.0810 e. The van der Waals surface area contributed by atoms with Gasteiger partial charge in [0.25, 0.3) is 0 Å². The molecule has 0 radical (unpaired) electrons. The van der Waals surface area contributed by atoms with E-state index in [-0.39, 0.29) is 9.52 Å². The molecule has 1 nitrogen and oxygen atoms in total. The first-order chi connectivity index (χ1) is 9.92. The van der Waals surface area contributed by atoms with Gasteiger partial charge in [-0.2, -0.15) is 0 Å². The van der Waals surface area contributed by atoms with Crippen LogP contribution in [0.25, 0.3) is 11.1 Å². The first-order valence-corrected chi connectivity index (χ1v) is 9.38. The predicted octanol–water partition coefficient (Wildman–Crippen LogP) is 3.14. The molecule has 3 rings (SSSR count). The Balaban J connectivity index is 1.46. The van der Waals surface area contributed by atoms with E-state index in [1.54, 1.807) is 5.19 Å². The standard InChI is InChI=1S/C18H22OSi/c1-2-6-15(7-3-1)16-9-11-18(12-10-16)20-13-5-4-8-17-14-19-17/h1-3,6-7,9-12,17H,4-5,8,13-14,20H2. The van der Waals surface area contributed by atoms with Gasteiger partial charge in [-0.15, -0.1) is 0 Å². The van der Waals surface area contributed by atoms with Gasteiger partial charge in [0, 0.05) is 0 Å². The number of benzene rings is 2. The first-order valence-electron chi connectivity index (χ1n) is 7.68. The summed E-state index contributed by atoms with van der Waals surface area (Å²) in [6.07, 6.45) is 4.62. The summed E-state index contributed by atoms with van der Waals surface area (Å²) in [5.74, 6) is 0. The molecule has 0 spiro atoms. The minimum Gasteiger partial charge on any atom is -0.373 e. The first kappa shape index (κ1) is 13.6. The van der Waals surface area contributed by atoms with E-state index < -0.39 is 0 Å². The van der Waals surface area contributed by atoms with Crippen LogP contribution >= 0.6 is 0 Å². The quantitative estimate of drug-likeness (QED) is 0.432. The molecule has 1 unspecified atom stereocenters. The van der Waals surface area contributed by atoms with E-state index in [0.29, 0.717) is 6.10 Å². The van der Waals surface area contributed by atoms with Crippen molar-refractivity contribution < 1.29 is 4.74 Å². The van der Waals surface area contributed by atoms with E-state index in [4.69, 9.17) is 4.74 Å². The van der Waals surface area contributed by atoms with E-state index in [0.717, 1.165) is 6.61 Å². The minimum absolute atomic E-state index is 0.0725. The second-order valence-corrected chi connectivity index (χ2v) is 7.64. The predicted molar refractivity (Wildman–Crippen MR) is 88.5 cm³/mol. The Hall–Kier alpha value is -1.38. The number of rotatable bonds is 7. The molecule has 0 bridgehead atoms. The zero-order valence-electron chi connectivity index (χ0n) is 11.9. The molecule has 0 saturated carbocycles. The fourth-order valence-corrected chi connectivity index (χ4v) is 4.19. The van der Waals surface area contributed by atoms with E-state index in [1.807, 2.05) is 0 Å². The van der Waals surface area contributed by atoms with Crippen molar-refractivity contribution in [2.24, 2.45) is 0 Å². The van der Waals surface area contributed by atoms with Crippen molar-refractivity contribution in [3.8, 4) is 11.1 Å². The number of ether oxygens (including phenoxy) is 1. The zero-order chi connectivity index (χ0) is 13.6. The normalized spacial score (nSPS) is 17.7. The molecule has 1 saturated heterocycles. The lowest BCUT2D eigenvalue weighted by Gasteiger charge is -2.04. The average molecular weight is 282 g/mol. The van der Waals surface area contributed by atoms with Gasteiger partial charge in [-0.1, -0.05) is 78.7 Å². The molecule has 20 heavy (non-hydrogen) atoms. The summed E-state index contributed by atoms with van der Waals surface area (Å²) in [4.78, 5) is 0. The molecule has 0 amide bonds. The van der Waals surface area contributed by atoms with Crippen LogP contribution in [-0.4, -0.2) is 22.2 Å². The summed E-state index contributed by atoms with van der Waals surface area (Å²) in [6.45, 7) is 1.01. The van der Waals surface area contributed by atoms with Crippen LogP contribution in [-0.2, 0) is 4.74 Å². The summed E-state index contributed by atoms with van der Waals surface area (Å²) < 4.78 is 5.24. The van der Waals surface area contributed by atoms with E-state index in [9.17, 15) is 0 Å². The molecule has 104 valence electrons. The zero-order valence-corrected chi connectivity index (χ0v) is 13.3. The van der Waals surface area contributed by atoms with Gasteiger partial charge in [0.2, 0.25) is 0 Å². The van der Waals surface area contributed by atoms with Crippen molar-refractivity contribution in [1.29, 1.82) is 0 Å². The molecule has 1 atom stereocenters. The molecule has 2 heteroatoms. The van der Waals surface area contributed by atoms with Crippen molar-refractivity contribution >= 4 is 14.7 Å². The Morgan fingerprint density at radius 3 is 2.30 bits per heavy atom. The summed E-state index contributed by atoms with van der Waals surface area (Å²) in [5, 5.41) is 1.59. The molecular formula is C18H22OSi. The Kier molecular flexibility index (Phi) is 4.67. The third-order valence-electron chi connectivity index (χ3n) is 3.95. The van der Waals surface area contributed by atoms with Crippen molar-refractivity contribution in [2.45, 2.75) is 31.4 Å². The molecule has 1 aliphatic rings. The fraction of sp³-hybridized carbons (Fsp3) is 0.333. The van der Waals surface area contributed by atoms with Gasteiger partial charge in [-0.05, 0) is 17.5 Å². The molecule has 2 aromatic rings. The van der Waals surface area contributed by atoms with Gasteiger partial charge < -0.3 is 4.74 Å². The minimum atomic E-state index is -0.0725. The molecule has 0 aromatic heterocycles. The lowest BCUT2D eigenvalue weighted by Crippen LogP contribution is -2.12. The van der Waals surface area contributed by atoms with Crippen LogP contribution in [0.1, 0.15) is 19.3 Å². The molecular weight excluding hydrogens is 260 g/mol. The second-order valence-electron chi connectivity index (χ2n) is 5.62. The third kappa shape index (κ3) is 4.05. The monoisotopic (exact) mass is 282 g/mol. The summed E-state index contributed by atoms with van der Waals surface area (Å²) in [7, 11) is -0.0725. The van der Waals surface area contributed by atoms with Gasteiger partial charge in [0.15, 0.2) is 0 Å². The molecule has 0 aliphatic carbocycles. The lowest BCUT2D eigenvalue weighted by molar-refractivity contribution is 0.391. The second kappa shape index (κ2) is 6.87. The summed E-state index contributed by atoms with van der Waals surface area (Å²) in [6, 6.07) is 21.2. The van der Waals surface area contributed by atoms with Crippen molar-refractivity contribution in [2.75, 3.05) is 6.61 Å². The van der Waals surface area contributed by atoms with Gasteiger partial charge in [0.1, 0.15) is 0 Å². The average Bonchev–Trinajstić information content (AvgIpc) is 3.33. The molecule has 1 aliphatic heterocycles. The van der Waals surface area contributed by atoms with Crippen molar-refractivity contribution in [3.63, 3.8) is 0 Å². The largest absolute Gasteiger partial charge is 0.373 e. The number of hydrogen-bond donors (Lipinski definition) is 0. The topological polar surface area (TPSA) is 12.5 Å². The summed E-state index contributed by atoms with van der Waals surface area (Å²) >= 11 is 0. The van der Waals surface area contributed by atoms with Crippen LogP contribution in [0, 0.1) is 0 Å². The fourth-order valence-electron chi connectivity index (χ4n) is 2.61. The van der Waals surface area contributed by atoms with Crippen LogP contribution in [0.3, 0.4) is 0 Å². The Morgan fingerprint density at radius 2 is 1.60 bits per heavy atom. The van der Waals surface area contributed by atoms with Gasteiger partial charge in [0.05, 0.1) is 22.2 Å². The summed E-state index contributed by atoms with van der Waals surface area (Å²) in [5.41, 5.74) is 2.64. The van der Waals surface area contributed by atoms with E-state index in [2.05, 4.69) is 54.6 Å². The van der Waals surface area contributed by atoms with Gasteiger partial charge >= 0.3 is 0 Å². The highest BCUT2D eigenvalue weighted by atomic mass is 28.2. The lowest BCUT2D eigenvalue weighted by atomic mass is 10.1. The van der Waals surface area contributed by atoms with Crippen molar-refractivity contribution in [3.05, 3.63) is 54.6 Å². The third-order valence-corrected chi connectivity index (χ3v) is 5.86. The number of hydrogen-bond acceptors (Lipinski definition) is 1. The van der Waals surface area contributed by atoms with Crippen LogP contribution in [0.15, 0.2) is 54.6 Å². The number of epoxide rings is 1. The Labute approximate surface area is 123 Å². The van der Waals surface area contributed by atoms with Crippen LogP contribution in [0.5, 0.6) is 0 Å². The SMILES string of the molecule is c1ccc(-c2ccc([SiH2]CCCCC3CO3)cc2)cc1. The molecule has 0 N–H and O–H groups in total. The maximum absolute atomic E-state index is 5.24. The molecule has 2 aromatic carbocycles. The molecule has 1 heterocycles. The molecule has 1 fully saturated rings. The van der Waals surface area contributed by atoms with E-state index in [1.165, 1.54) is 36.4 Å². The highest BCUT2D eigenvalue weighted by Crippen LogP contribution is 2.18. The van der Waals surface area contributed by atoms with Gasteiger partial charge in [-0.3, -0.25) is 0 Å².